The lowest BCUT2D eigenvalue weighted by molar-refractivity contribution is 0.102. The van der Waals surface area contributed by atoms with Crippen molar-refractivity contribution < 1.29 is 9.18 Å². The molecular formula is C32H46FN4OP. The number of allylic oxidation sites excluding steroid dienone is 2. The summed E-state index contributed by atoms with van der Waals surface area (Å²) >= 11 is 0. The lowest BCUT2D eigenvalue weighted by atomic mass is 10.1. The molecule has 212 valence electrons. The zero-order valence-electron chi connectivity index (χ0n) is 24.7. The van der Waals surface area contributed by atoms with Crippen LogP contribution in [0.3, 0.4) is 0 Å². The Morgan fingerprint density at radius 3 is 2.54 bits per heavy atom. The van der Waals surface area contributed by atoms with E-state index in [4.69, 9.17) is 0 Å². The van der Waals surface area contributed by atoms with E-state index in [1.54, 1.807) is 18.3 Å². The second-order valence-corrected chi connectivity index (χ2v) is 11.3. The first-order valence-electron chi connectivity index (χ1n) is 14.2. The van der Waals surface area contributed by atoms with Crippen molar-refractivity contribution in [2.24, 2.45) is 10.9 Å². The molecule has 1 amide bonds. The molecule has 7 heteroatoms. The minimum atomic E-state index is -0.320. The maximum Gasteiger partial charge on any atom is 0.257 e. The molecule has 0 bridgehead atoms. The van der Waals surface area contributed by atoms with Crippen molar-refractivity contribution in [3.63, 3.8) is 0 Å². The summed E-state index contributed by atoms with van der Waals surface area (Å²) in [5, 5.41) is 7.29. The van der Waals surface area contributed by atoms with Gasteiger partial charge in [0.05, 0.1) is 17.0 Å². The average molecular weight is 553 g/mol. The largest absolute Gasteiger partial charge is 0.322 e. The monoisotopic (exact) mass is 552 g/mol. The van der Waals surface area contributed by atoms with E-state index in [9.17, 15) is 9.18 Å². The number of rotatable bonds is 8. The minimum absolute atomic E-state index is 0.00340. The molecule has 39 heavy (non-hydrogen) atoms. The molecule has 0 spiro atoms. The zero-order valence-corrected chi connectivity index (χ0v) is 25.7. The highest BCUT2D eigenvalue weighted by atomic mass is 31.1. The van der Waals surface area contributed by atoms with Gasteiger partial charge in [0.15, 0.2) is 0 Å². The zero-order chi connectivity index (χ0) is 28.9. The Balaban J connectivity index is 0.000000998. The van der Waals surface area contributed by atoms with E-state index in [0.29, 0.717) is 25.4 Å². The Kier molecular flexibility index (Phi) is 13.7. The van der Waals surface area contributed by atoms with Crippen LogP contribution in [0.1, 0.15) is 100 Å². The summed E-state index contributed by atoms with van der Waals surface area (Å²) in [6.07, 6.45) is 11.5. The van der Waals surface area contributed by atoms with Crippen LogP contribution < -0.4 is 10.6 Å². The number of aryl methyl sites for hydroxylation is 2. The van der Waals surface area contributed by atoms with Crippen LogP contribution in [0.4, 0.5) is 10.1 Å². The summed E-state index contributed by atoms with van der Waals surface area (Å²) in [5.41, 5.74) is 4.53. The number of nitrogens with one attached hydrogen (secondary N) is 2. The topological polar surface area (TPSA) is 66.4 Å². The Labute approximate surface area is 236 Å². The number of halogens is 1. The molecule has 5 nitrogen and oxygen atoms in total. The number of hydrogen-bond acceptors (Lipinski definition) is 4. The van der Waals surface area contributed by atoms with Gasteiger partial charge in [0.2, 0.25) is 0 Å². The molecule has 1 fully saturated rings. The first kappa shape index (κ1) is 32.5. The summed E-state index contributed by atoms with van der Waals surface area (Å²) in [5.74, 6) is 0.276. The van der Waals surface area contributed by atoms with Crippen molar-refractivity contribution in [2.75, 3.05) is 5.32 Å². The molecule has 3 unspecified atom stereocenters. The van der Waals surface area contributed by atoms with Crippen molar-refractivity contribution in [3.8, 4) is 0 Å². The highest BCUT2D eigenvalue weighted by Gasteiger charge is 2.22. The van der Waals surface area contributed by atoms with Gasteiger partial charge in [-0.25, -0.2) is 4.39 Å². The van der Waals surface area contributed by atoms with Crippen molar-refractivity contribution in [3.05, 3.63) is 82.3 Å². The Morgan fingerprint density at radius 2 is 1.95 bits per heavy atom. The fourth-order valence-electron chi connectivity index (χ4n) is 4.12. The summed E-state index contributed by atoms with van der Waals surface area (Å²) in [4.78, 5) is 21.8. The van der Waals surface area contributed by atoms with Crippen LogP contribution in [0.2, 0.25) is 0 Å². The number of aromatic nitrogens is 1. The van der Waals surface area contributed by atoms with Gasteiger partial charge in [-0.05, 0) is 74.7 Å². The molecule has 1 aromatic heterocycles. The predicted molar refractivity (Wildman–Crippen MR) is 167 cm³/mol. The number of anilines is 1. The van der Waals surface area contributed by atoms with Crippen LogP contribution >= 0.6 is 8.58 Å². The van der Waals surface area contributed by atoms with Gasteiger partial charge < -0.3 is 5.32 Å². The van der Waals surface area contributed by atoms with Gasteiger partial charge >= 0.3 is 0 Å². The van der Waals surface area contributed by atoms with Gasteiger partial charge in [0.1, 0.15) is 5.82 Å². The SMILES string of the molecule is C=C1PC(NC(C)c2cc(NC(=O)c3cnc(CCC4CC4)c(C)c3)ccc2F)C=N/C1=C/C.CC.CCC. The lowest BCUT2D eigenvalue weighted by Gasteiger charge is -2.25. The van der Waals surface area contributed by atoms with Crippen molar-refractivity contribution in [1.82, 2.24) is 10.3 Å². The molecule has 0 radical (unpaired) electrons. The second-order valence-electron chi connectivity index (χ2n) is 9.81. The van der Waals surface area contributed by atoms with E-state index in [0.717, 1.165) is 34.6 Å². The Hall–Kier alpha value is -2.69. The highest BCUT2D eigenvalue weighted by Crippen LogP contribution is 2.37. The third-order valence-electron chi connectivity index (χ3n) is 6.36. The Bertz CT molecular complexity index is 1170. The number of carbonyl (C=O) groups is 1. The third kappa shape index (κ3) is 10.1. The number of pyridine rings is 1. The van der Waals surface area contributed by atoms with Crippen LogP contribution in [-0.4, -0.2) is 22.9 Å². The van der Waals surface area contributed by atoms with Gasteiger partial charge in [-0.2, -0.15) is 0 Å². The molecule has 1 saturated carbocycles. The first-order chi connectivity index (χ1) is 18.7. The van der Waals surface area contributed by atoms with E-state index in [1.165, 1.54) is 31.7 Å². The molecule has 0 saturated heterocycles. The number of hydrogen-bond donors (Lipinski definition) is 2. The van der Waals surface area contributed by atoms with Crippen molar-refractivity contribution in [1.29, 1.82) is 0 Å². The van der Waals surface area contributed by atoms with E-state index >= 15 is 0 Å². The number of aliphatic imine (C=N–C) groups is 1. The van der Waals surface area contributed by atoms with Crippen LogP contribution in [0.15, 0.2) is 59.1 Å². The number of nitrogens with zero attached hydrogens (tertiary/aromatic N) is 2. The maximum atomic E-state index is 14.6. The minimum Gasteiger partial charge on any atom is -0.322 e. The molecule has 4 rings (SSSR count). The van der Waals surface area contributed by atoms with Crippen molar-refractivity contribution >= 4 is 26.4 Å². The fraction of sp³-hybridized carbons (Fsp3) is 0.469. The number of carbonyl (C=O) groups excluding carboxylic acids is 1. The van der Waals surface area contributed by atoms with Gasteiger partial charge in [0, 0.05) is 35.4 Å². The third-order valence-corrected chi connectivity index (χ3v) is 7.59. The van der Waals surface area contributed by atoms with Crippen molar-refractivity contribution in [2.45, 2.75) is 92.4 Å². The van der Waals surface area contributed by atoms with Crippen LogP contribution in [0, 0.1) is 18.7 Å². The van der Waals surface area contributed by atoms with E-state index in [1.807, 2.05) is 53.0 Å². The maximum absolute atomic E-state index is 14.6. The van der Waals surface area contributed by atoms with E-state index < -0.39 is 0 Å². The van der Waals surface area contributed by atoms with E-state index in [-0.39, 0.29) is 23.5 Å². The van der Waals surface area contributed by atoms with Gasteiger partial charge in [0.25, 0.3) is 5.91 Å². The quantitative estimate of drug-likeness (QED) is 0.322. The average Bonchev–Trinajstić information content (AvgIpc) is 3.75. The summed E-state index contributed by atoms with van der Waals surface area (Å²) < 4.78 is 14.6. The van der Waals surface area contributed by atoms with Crippen LogP contribution in [-0.2, 0) is 6.42 Å². The molecular weight excluding hydrogens is 506 g/mol. The van der Waals surface area contributed by atoms with Crippen LogP contribution in [0.25, 0.3) is 0 Å². The van der Waals surface area contributed by atoms with Crippen LogP contribution in [0.5, 0.6) is 0 Å². The normalized spacial score (nSPS) is 18.6. The van der Waals surface area contributed by atoms with Gasteiger partial charge in [-0.1, -0.05) is 68.2 Å². The van der Waals surface area contributed by atoms with E-state index in [2.05, 4.69) is 41.0 Å². The smallest absolute Gasteiger partial charge is 0.257 e. The highest BCUT2D eigenvalue weighted by molar-refractivity contribution is 7.45. The molecule has 3 atom stereocenters. The fourth-order valence-corrected chi connectivity index (χ4v) is 5.33. The molecule has 2 aromatic rings. The first-order valence-corrected chi connectivity index (χ1v) is 15.3. The number of amides is 1. The van der Waals surface area contributed by atoms with Gasteiger partial charge in [-0.15, -0.1) is 0 Å². The van der Waals surface area contributed by atoms with Gasteiger partial charge in [-0.3, -0.25) is 20.1 Å². The summed E-state index contributed by atoms with van der Waals surface area (Å²) in [6, 6.07) is 6.27. The molecule has 2 heterocycles. The molecule has 1 aromatic carbocycles. The summed E-state index contributed by atoms with van der Waals surface area (Å²) in [6.45, 7) is 18.2. The predicted octanol–water partition coefficient (Wildman–Crippen LogP) is 8.72. The molecule has 2 N–H and O–H groups in total. The molecule has 2 aliphatic rings. The lowest BCUT2D eigenvalue weighted by Crippen LogP contribution is -2.31. The standard InChI is InChI=1S/C27H32FN4OP.C3H8.C2H6/c1-5-24-18(4)34-26(15-30-24)31-17(3)22-13-21(9-10-23(22)28)32-27(33)20-12-16(2)25(29-14-20)11-8-19-6-7-19;1-3-2;1-2/h5,9-10,12-15,17,19,26,31,34H,4,6-8,11H2,1-3H3,(H,32,33);3H2,1-2H3;1-2H3/b24-5+;;. The summed E-state index contributed by atoms with van der Waals surface area (Å²) in [7, 11) is 0.440. The molecule has 1 aliphatic carbocycles. The molecule has 1 aliphatic heterocycles. The Morgan fingerprint density at radius 1 is 1.26 bits per heavy atom. The number of benzene rings is 1. The second kappa shape index (κ2) is 16.4.